The molecule has 1 aliphatic rings. The summed E-state index contributed by atoms with van der Waals surface area (Å²) in [7, 11) is 0. The third kappa shape index (κ3) is 3.87. The molecule has 21 heavy (non-hydrogen) atoms. The van der Waals surface area contributed by atoms with E-state index in [4.69, 9.17) is 9.84 Å². The van der Waals surface area contributed by atoms with Crippen molar-refractivity contribution < 1.29 is 19.4 Å². The summed E-state index contributed by atoms with van der Waals surface area (Å²) in [6, 6.07) is 6.71. The average Bonchev–Trinajstić information content (AvgIpc) is 2.88. The van der Waals surface area contributed by atoms with Gasteiger partial charge in [0.25, 0.3) is 0 Å². The van der Waals surface area contributed by atoms with Crippen molar-refractivity contribution in [2.75, 3.05) is 18.5 Å². The number of hydrogen-bond acceptors (Lipinski definition) is 3. The molecule has 1 aliphatic heterocycles. The maximum absolute atomic E-state index is 12.3. The van der Waals surface area contributed by atoms with Crippen LogP contribution in [0.25, 0.3) is 0 Å². The minimum atomic E-state index is -0.880. The van der Waals surface area contributed by atoms with Gasteiger partial charge in [-0.3, -0.25) is 4.79 Å². The fraction of sp³-hybridized carbons (Fsp3) is 0.467. The number of carboxylic acids is 1. The molecule has 1 aromatic carbocycles. The predicted octanol–water partition coefficient (Wildman–Crippen LogP) is 2.56. The van der Waals surface area contributed by atoms with E-state index < -0.39 is 5.97 Å². The number of carbonyl (C=O) groups is 2. The van der Waals surface area contributed by atoms with Crippen LogP contribution in [0.3, 0.4) is 0 Å². The fourth-order valence-electron chi connectivity index (χ4n) is 2.56. The Kier molecular flexibility index (Phi) is 5.03. The van der Waals surface area contributed by atoms with Gasteiger partial charge in [-0.1, -0.05) is 12.1 Å². The molecular formula is C15H20N2O4. The molecule has 0 bridgehead atoms. The summed E-state index contributed by atoms with van der Waals surface area (Å²) < 4.78 is 5.46. The van der Waals surface area contributed by atoms with E-state index in [-0.39, 0.29) is 18.5 Å². The van der Waals surface area contributed by atoms with Crippen molar-refractivity contribution >= 4 is 17.7 Å². The minimum Gasteiger partial charge on any atom is -0.492 e. The van der Waals surface area contributed by atoms with Crippen LogP contribution < -0.4 is 10.1 Å². The maximum atomic E-state index is 12.3. The lowest BCUT2D eigenvalue weighted by atomic mass is 10.1. The van der Waals surface area contributed by atoms with Crippen LogP contribution in [0.15, 0.2) is 24.3 Å². The van der Waals surface area contributed by atoms with Crippen molar-refractivity contribution in [3.8, 4) is 5.75 Å². The number of hydrogen-bond donors (Lipinski definition) is 2. The van der Waals surface area contributed by atoms with Gasteiger partial charge >= 0.3 is 12.0 Å². The smallest absolute Gasteiger partial charge is 0.322 e. The Morgan fingerprint density at radius 1 is 1.43 bits per heavy atom. The number of ether oxygens (including phenoxy) is 1. The lowest BCUT2D eigenvalue weighted by Gasteiger charge is -2.24. The van der Waals surface area contributed by atoms with Crippen molar-refractivity contribution in [2.45, 2.75) is 32.2 Å². The van der Waals surface area contributed by atoms with E-state index >= 15 is 0 Å². The monoisotopic (exact) mass is 292 g/mol. The molecule has 0 aliphatic carbocycles. The lowest BCUT2D eigenvalue weighted by Crippen LogP contribution is -2.39. The van der Waals surface area contributed by atoms with Gasteiger partial charge in [-0.15, -0.1) is 0 Å². The summed E-state index contributed by atoms with van der Waals surface area (Å²) in [6.45, 7) is 2.97. The molecule has 2 amide bonds. The van der Waals surface area contributed by atoms with Crippen LogP contribution >= 0.6 is 0 Å². The number of para-hydroxylation sites is 2. The number of urea groups is 1. The van der Waals surface area contributed by atoms with E-state index in [1.807, 2.05) is 19.1 Å². The van der Waals surface area contributed by atoms with Crippen LogP contribution in [0, 0.1) is 0 Å². The number of rotatable bonds is 5. The van der Waals surface area contributed by atoms with Crippen LogP contribution in [0.4, 0.5) is 10.5 Å². The van der Waals surface area contributed by atoms with Gasteiger partial charge < -0.3 is 20.1 Å². The first-order valence-corrected chi connectivity index (χ1v) is 7.13. The summed E-state index contributed by atoms with van der Waals surface area (Å²) in [6.07, 6.45) is 1.55. The van der Waals surface area contributed by atoms with Crippen molar-refractivity contribution in [3.63, 3.8) is 0 Å². The van der Waals surface area contributed by atoms with Crippen LogP contribution in [0.1, 0.15) is 26.2 Å². The van der Waals surface area contributed by atoms with Gasteiger partial charge in [0.05, 0.1) is 18.7 Å². The number of nitrogens with zero attached hydrogens (tertiary/aromatic N) is 1. The van der Waals surface area contributed by atoms with E-state index in [9.17, 15) is 9.59 Å². The normalized spacial score (nSPS) is 17.6. The van der Waals surface area contributed by atoms with E-state index in [1.165, 1.54) is 0 Å². The molecule has 0 radical (unpaired) electrons. The molecule has 114 valence electrons. The first kappa shape index (κ1) is 15.2. The number of nitrogens with one attached hydrogen (secondary N) is 1. The highest BCUT2D eigenvalue weighted by Crippen LogP contribution is 2.26. The molecule has 2 rings (SSSR count). The van der Waals surface area contributed by atoms with Gasteiger partial charge in [-0.25, -0.2) is 4.79 Å². The van der Waals surface area contributed by atoms with Gasteiger partial charge in [-0.2, -0.15) is 0 Å². The summed E-state index contributed by atoms with van der Waals surface area (Å²) in [5, 5.41) is 11.7. The number of anilines is 1. The Balaban J connectivity index is 2.05. The number of aliphatic carboxylic acids is 1. The van der Waals surface area contributed by atoms with Gasteiger partial charge in [-0.05, 0) is 31.9 Å². The van der Waals surface area contributed by atoms with Crippen LogP contribution in [-0.4, -0.2) is 41.2 Å². The molecule has 0 aromatic heterocycles. The standard InChI is InChI=1S/C15H20N2O4/c1-2-21-13-8-4-3-7-12(13)16-15(20)17-9-5-6-11(17)10-14(18)19/h3-4,7-8,11H,2,5-6,9-10H2,1H3,(H,16,20)(H,18,19). The Bertz CT molecular complexity index is 518. The molecule has 1 saturated heterocycles. The van der Waals surface area contributed by atoms with E-state index in [0.29, 0.717) is 24.6 Å². The molecule has 1 aromatic rings. The zero-order valence-electron chi connectivity index (χ0n) is 12.0. The SMILES string of the molecule is CCOc1ccccc1NC(=O)N1CCCC1CC(=O)O. The van der Waals surface area contributed by atoms with E-state index in [1.54, 1.807) is 17.0 Å². The third-order valence-corrected chi connectivity index (χ3v) is 3.48. The lowest BCUT2D eigenvalue weighted by molar-refractivity contribution is -0.137. The summed E-state index contributed by atoms with van der Waals surface area (Å²) >= 11 is 0. The number of carboxylic acid groups (broad SMARTS) is 1. The first-order valence-electron chi connectivity index (χ1n) is 7.13. The second-order valence-corrected chi connectivity index (χ2v) is 4.95. The van der Waals surface area contributed by atoms with Gasteiger partial charge in [0, 0.05) is 12.6 Å². The molecule has 1 atom stereocenters. The zero-order valence-corrected chi connectivity index (χ0v) is 12.0. The Morgan fingerprint density at radius 3 is 2.90 bits per heavy atom. The van der Waals surface area contributed by atoms with Crippen LogP contribution in [-0.2, 0) is 4.79 Å². The van der Waals surface area contributed by atoms with Crippen molar-refractivity contribution in [3.05, 3.63) is 24.3 Å². The molecular weight excluding hydrogens is 272 g/mol. The molecule has 0 spiro atoms. The van der Waals surface area contributed by atoms with Gasteiger partial charge in [0.1, 0.15) is 5.75 Å². The molecule has 1 unspecified atom stereocenters. The highest BCUT2D eigenvalue weighted by molar-refractivity contribution is 5.91. The van der Waals surface area contributed by atoms with Crippen molar-refractivity contribution in [1.29, 1.82) is 0 Å². The number of carbonyl (C=O) groups excluding carboxylic acids is 1. The topological polar surface area (TPSA) is 78.9 Å². The van der Waals surface area contributed by atoms with E-state index in [2.05, 4.69) is 5.32 Å². The number of amides is 2. The quantitative estimate of drug-likeness (QED) is 0.874. The van der Waals surface area contributed by atoms with Crippen molar-refractivity contribution in [2.24, 2.45) is 0 Å². The highest BCUT2D eigenvalue weighted by atomic mass is 16.5. The Hall–Kier alpha value is -2.24. The Morgan fingerprint density at radius 2 is 2.19 bits per heavy atom. The molecule has 6 nitrogen and oxygen atoms in total. The average molecular weight is 292 g/mol. The first-order chi connectivity index (χ1) is 10.1. The summed E-state index contributed by atoms with van der Waals surface area (Å²) in [5.41, 5.74) is 0.602. The minimum absolute atomic E-state index is 0.0134. The summed E-state index contributed by atoms with van der Waals surface area (Å²) in [5.74, 6) is -0.267. The predicted molar refractivity (Wildman–Crippen MR) is 78.6 cm³/mol. The Labute approximate surface area is 123 Å². The number of benzene rings is 1. The van der Waals surface area contributed by atoms with Crippen LogP contribution in [0.5, 0.6) is 5.75 Å². The molecule has 0 saturated carbocycles. The summed E-state index contributed by atoms with van der Waals surface area (Å²) in [4.78, 5) is 24.8. The largest absolute Gasteiger partial charge is 0.492 e. The van der Waals surface area contributed by atoms with Gasteiger partial charge in [0.15, 0.2) is 0 Å². The molecule has 1 fully saturated rings. The number of likely N-dealkylation sites (tertiary alicyclic amines) is 1. The molecule has 6 heteroatoms. The zero-order chi connectivity index (χ0) is 15.2. The molecule has 1 heterocycles. The maximum Gasteiger partial charge on any atom is 0.322 e. The molecule has 2 N–H and O–H groups in total. The third-order valence-electron chi connectivity index (χ3n) is 3.48. The second kappa shape index (κ2) is 6.97. The van der Waals surface area contributed by atoms with E-state index in [0.717, 1.165) is 12.8 Å². The van der Waals surface area contributed by atoms with Crippen molar-refractivity contribution in [1.82, 2.24) is 4.90 Å². The highest BCUT2D eigenvalue weighted by Gasteiger charge is 2.30. The van der Waals surface area contributed by atoms with Crippen LogP contribution in [0.2, 0.25) is 0 Å². The second-order valence-electron chi connectivity index (χ2n) is 4.95. The van der Waals surface area contributed by atoms with Gasteiger partial charge in [0.2, 0.25) is 0 Å². The fourth-order valence-corrected chi connectivity index (χ4v) is 2.56.